The predicted octanol–water partition coefficient (Wildman–Crippen LogP) is -3.50. The Bertz CT molecular complexity index is 2630. The Hall–Kier alpha value is -7.00. The number of guanidine groups is 1. The number of anilines is 1. The van der Waals surface area contributed by atoms with Gasteiger partial charge in [-0.3, -0.25) is 53.5 Å². The molecule has 4 rings (SSSR count). The van der Waals surface area contributed by atoms with Gasteiger partial charge in [-0.05, 0) is 85.9 Å². The van der Waals surface area contributed by atoms with Crippen LogP contribution in [0.5, 0.6) is 0 Å². The third-order valence-electron chi connectivity index (χ3n) is 10.6. The number of hydrazone groups is 1. The van der Waals surface area contributed by atoms with E-state index in [0.29, 0.717) is 19.3 Å². The Balaban J connectivity index is 0.0000137. The summed E-state index contributed by atoms with van der Waals surface area (Å²) in [5.41, 5.74) is 14.1. The first-order valence-electron chi connectivity index (χ1n) is 22.3. The van der Waals surface area contributed by atoms with Crippen LogP contribution in [0.15, 0.2) is 80.8 Å². The van der Waals surface area contributed by atoms with Gasteiger partial charge in [0.1, 0.15) is 28.8 Å². The third kappa shape index (κ3) is 19.3. The average molecular weight is 1030 g/mol. The van der Waals surface area contributed by atoms with Crippen LogP contribution in [-0.4, -0.2) is 132 Å². The van der Waals surface area contributed by atoms with Crippen molar-refractivity contribution in [2.24, 2.45) is 32.5 Å². The molecule has 0 saturated heterocycles. The van der Waals surface area contributed by atoms with E-state index >= 15 is 0 Å². The van der Waals surface area contributed by atoms with Gasteiger partial charge in [-0.1, -0.05) is 38.5 Å². The summed E-state index contributed by atoms with van der Waals surface area (Å²) in [6.07, 6.45) is 3.35. The average Bonchev–Trinajstić information content (AvgIpc) is 3.31. The van der Waals surface area contributed by atoms with Crippen molar-refractivity contribution in [1.82, 2.24) is 36.5 Å². The Morgan fingerprint density at radius 3 is 2.36 bits per heavy atom. The molecule has 12 N–H and O–H groups in total. The number of nitrogens with two attached hydrogens (primary N) is 2. The normalized spacial score (nSPS) is 17.3. The van der Waals surface area contributed by atoms with Gasteiger partial charge in [0.25, 0.3) is 21.9 Å². The second kappa shape index (κ2) is 28.7. The van der Waals surface area contributed by atoms with Crippen molar-refractivity contribution in [2.75, 3.05) is 32.1 Å². The summed E-state index contributed by atoms with van der Waals surface area (Å²) < 4.78 is 32.6. The number of aromatic nitrogens is 1. The van der Waals surface area contributed by atoms with Gasteiger partial charge < -0.3 is 53.2 Å². The molecule has 1 aliphatic heterocycles. The van der Waals surface area contributed by atoms with Gasteiger partial charge in [0.15, 0.2) is 5.96 Å². The molecule has 1 aromatic heterocycles. The van der Waals surface area contributed by atoms with Gasteiger partial charge in [-0.15, -0.1) is 0 Å². The number of aliphatic carboxylic acids is 1. The number of rotatable bonds is 19. The molecule has 2 heterocycles. The van der Waals surface area contributed by atoms with E-state index in [9.17, 15) is 56.7 Å². The molecule has 3 atom stereocenters. The maximum absolute atomic E-state index is 14.0. The molecule has 2 aromatic carbocycles. The number of nitrogens with one attached hydrogen (secondary N) is 6. The zero-order valence-corrected chi connectivity index (χ0v) is 43.0. The Morgan fingerprint density at radius 2 is 1.69 bits per heavy atom. The number of carbonyl (C=O) groups is 7. The smallest absolute Gasteiger partial charge is 0.862 e. The molecule has 6 amide bonds. The number of nitrogens with zero attached hydrogens (tertiary/aromatic N) is 5. The van der Waals surface area contributed by atoms with Crippen molar-refractivity contribution in [3.63, 3.8) is 0 Å². The van der Waals surface area contributed by atoms with Gasteiger partial charge in [0.2, 0.25) is 23.6 Å². The number of carboxylic acid groups (broad SMARTS) is 1. The number of aliphatic imine (C=N–C) groups is 2. The Kier molecular flexibility index (Phi) is 23.7. The molecule has 3 aromatic rings. The van der Waals surface area contributed by atoms with E-state index < -0.39 is 94.4 Å². The zero-order valence-electron chi connectivity index (χ0n) is 40.2. The number of likely N-dealkylation sites (N-methyl/N-ethyl adjacent to an activating group) is 1. The number of unbranched alkanes of at least 4 members (excludes halogenated alkanes) is 2. The molecule has 25 nitrogen and oxygen atoms in total. The number of hydrogen-bond acceptors (Lipinski definition) is 15. The summed E-state index contributed by atoms with van der Waals surface area (Å²) in [6.45, 7) is 2.78. The van der Waals surface area contributed by atoms with Crippen LogP contribution in [0.3, 0.4) is 0 Å². The molecular formula is C45H58N13NaO12S. The zero-order chi connectivity index (χ0) is 52.3. The van der Waals surface area contributed by atoms with E-state index in [1.54, 1.807) is 19.9 Å². The molecule has 2 bridgehead atoms. The molecule has 0 radical (unpaired) electrons. The van der Waals surface area contributed by atoms with Gasteiger partial charge in [0.05, 0.1) is 30.4 Å². The second-order valence-electron chi connectivity index (χ2n) is 16.5. The van der Waals surface area contributed by atoms with E-state index in [1.807, 2.05) is 0 Å². The first-order chi connectivity index (χ1) is 33.6. The molecular weight excluding hydrogens is 970 g/mol. The Labute approximate surface area is 437 Å². The summed E-state index contributed by atoms with van der Waals surface area (Å²) in [7, 11) is -3.10. The molecule has 27 heteroatoms. The van der Waals surface area contributed by atoms with E-state index in [4.69, 9.17) is 11.5 Å². The molecule has 0 spiro atoms. The molecule has 0 saturated carbocycles. The van der Waals surface area contributed by atoms with Gasteiger partial charge in [-0.25, -0.2) is 4.98 Å². The number of hydrogen-bond donors (Lipinski definition) is 10. The summed E-state index contributed by atoms with van der Waals surface area (Å²) >= 11 is 0. The predicted molar refractivity (Wildman–Crippen MR) is 258 cm³/mol. The number of amides is 6. The van der Waals surface area contributed by atoms with Crippen LogP contribution < -0.4 is 78.1 Å². The SMILES string of the molecule is CC(C)[C@@H]1NC(=O)c2cc(cc(N=C([O-])CCCCCNC(=O)c3ccc(N/N=C\c4ccccc4S(=O)(=O)O)nc3)c2)CNC(=O)[C@H](CC(=O)O)NC(=O)CNC(=O)[C@H](CCCN=C(N)N)N(C)C1=O.[Na+]. The fourth-order valence-corrected chi connectivity index (χ4v) is 7.64. The number of carbonyl (C=O) groups excluding carboxylic acids is 6. The van der Waals surface area contributed by atoms with Crippen LogP contribution in [0.2, 0.25) is 0 Å². The third-order valence-corrected chi connectivity index (χ3v) is 11.6. The quantitative estimate of drug-likeness (QED) is 0.0139. The first-order valence-corrected chi connectivity index (χ1v) is 23.7. The van der Waals surface area contributed by atoms with Crippen LogP contribution in [0, 0.1) is 5.92 Å². The summed E-state index contributed by atoms with van der Waals surface area (Å²) in [5.74, 6) is -6.72. The summed E-state index contributed by atoms with van der Waals surface area (Å²) in [4.78, 5) is 105. The maximum Gasteiger partial charge on any atom is 1.00 e. The van der Waals surface area contributed by atoms with Crippen LogP contribution in [0.1, 0.15) is 90.6 Å². The minimum Gasteiger partial charge on any atom is -0.862 e. The Morgan fingerprint density at radius 1 is 0.972 bits per heavy atom. The molecule has 0 fully saturated rings. The van der Waals surface area contributed by atoms with Crippen LogP contribution in [-0.2, 0) is 40.6 Å². The molecule has 0 aliphatic carbocycles. The van der Waals surface area contributed by atoms with Gasteiger partial charge in [-0.2, -0.15) is 13.5 Å². The van der Waals surface area contributed by atoms with E-state index in [1.165, 1.54) is 68.0 Å². The van der Waals surface area contributed by atoms with Crippen molar-refractivity contribution >= 4 is 81.1 Å². The van der Waals surface area contributed by atoms with E-state index in [-0.39, 0.29) is 113 Å². The van der Waals surface area contributed by atoms with Crippen LogP contribution >= 0.6 is 0 Å². The topological polar surface area (TPSA) is 395 Å². The summed E-state index contributed by atoms with van der Waals surface area (Å²) in [5, 5.41) is 39.3. The minimum absolute atomic E-state index is 0. The van der Waals surface area contributed by atoms with Crippen molar-refractivity contribution < 1.29 is 86.3 Å². The fourth-order valence-electron chi connectivity index (χ4n) is 6.97. The number of fused-ring (bicyclic) bond motifs is 2. The number of carboxylic acids is 1. The summed E-state index contributed by atoms with van der Waals surface area (Å²) in [6, 6.07) is 8.90. The van der Waals surface area contributed by atoms with Crippen molar-refractivity contribution in [1.29, 1.82) is 0 Å². The number of pyridine rings is 1. The molecule has 0 unspecified atom stereocenters. The van der Waals surface area contributed by atoms with E-state index in [0.717, 1.165) is 4.90 Å². The fraction of sp³-hybridized carbons (Fsp3) is 0.400. The van der Waals surface area contributed by atoms with Crippen LogP contribution in [0.25, 0.3) is 0 Å². The van der Waals surface area contributed by atoms with Crippen LogP contribution in [0.4, 0.5) is 11.5 Å². The number of benzene rings is 2. The molecule has 382 valence electrons. The van der Waals surface area contributed by atoms with Crippen molar-refractivity contribution in [3.05, 3.63) is 83.0 Å². The first kappa shape index (κ1) is 59.3. The standard InChI is InChI=1S/C45H59N13O12S.Na/c1-26(2)39-44(67)58(3)33(11-9-17-49-45(46)47)43(66)52-25-37(60)55-32(21-38(61)62)42(65)51-22-27-18-30(41(64)56-39)20-31(19-27)54-36(59)13-5-4-8-16-48-40(63)29-14-15-35(50-23-29)57-53-24-28-10-6-7-12-34(28)71(68,69)70;/h6-7,10,12,14-15,18-20,23-24,26,32-33,39H,4-5,8-9,11,13,16-17,21-22,25H2,1-3H3,(H,48,63)(H,50,57)(H,51,65)(H,52,66)(H,54,59)(H,55,60)(H,56,64)(H,61,62)(H4,46,47,49)(H,68,69,70);/q;+1/p-1/b53-24-;/t32-,33-,39-;/m0./s1. The van der Waals surface area contributed by atoms with Crippen molar-refractivity contribution in [3.8, 4) is 0 Å². The second-order valence-corrected chi connectivity index (χ2v) is 17.9. The monoisotopic (exact) mass is 1030 g/mol. The molecule has 1 aliphatic rings. The van der Waals surface area contributed by atoms with Gasteiger partial charge >= 0.3 is 35.5 Å². The van der Waals surface area contributed by atoms with E-state index in [2.05, 4.69) is 52.1 Å². The largest absolute Gasteiger partial charge is 1.00 e. The molecule has 72 heavy (non-hydrogen) atoms. The minimum atomic E-state index is -4.46. The van der Waals surface area contributed by atoms with Gasteiger partial charge in [0, 0.05) is 44.0 Å². The maximum atomic E-state index is 14.0. The van der Waals surface area contributed by atoms with Crippen molar-refractivity contribution in [2.45, 2.75) is 88.4 Å².